The highest BCUT2D eigenvalue weighted by Gasteiger charge is 2.10. The molecule has 0 saturated carbocycles. The summed E-state index contributed by atoms with van der Waals surface area (Å²) in [4.78, 5) is 15.6. The Hall–Kier alpha value is -3.53. The molecular weight excluding hydrogens is 312 g/mol. The van der Waals surface area contributed by atoms with Crippen molar-refractivity contribution in [2.45, 2.75) is 0 Å². The van der Waals surface area contributed by atoms with Gasteiger partial charge in [-0.2, -0.15) is 0 Å². The summed E-state index contributed by atoms with van der Waals surface area (Å²) in [5, 5.41) is 13.3. The third-order valence-electron chi connectivity index (χ3n) is 4.19. The van der Waals surface area contributed by atoms with E-state index in [9.17, 15) is 10.1 Å². The standard InChI is InChI=1S/C21H14N2O2/c24-23(25)21-12-6-1-7-15(21)13-14-16-17-8-2-4-10-19(17)22-20-11-5-3-9-18(16)20/h1-14H/b14-13+. The van der Waals surface area contributed by atoms with Crippen LogP contribution in [-0.2, 0) is 0 Å². The van der Waals surface area contributed by atoms with Crippen LogP contribution in [0.2, 0.25) is 0 Å². The van der Waals surface area contributed by atoms with Gasteiger partial charge in [-0.3, -0.25) is 10.1 Å². The van der Waals surface area contributed by atoms with Crippen LogP contribution in [0, 0.1) is 10.1 Å². The van der Waals surface area contributed by atoms with Crippen LogP contribution in [0.15, 0.2) is 72.8 Å². The molecule has 0 N–H and O–H groups in total. The van der Waals surface area contributed by atoms with Crippen LogP contribution in [0.5, 0.6) is 0 Å². The maximum absolute atomic E-state index is 11.2. The van der Waals surface area contributed by atoms with E-state index in [2.05, 4.69) is 0 Å². The molecule has 0 aliphatic rings. The van der Waals surface area contributed by atoms with Gasteiger partial charge in [-0.25, -0.2) is 4.98 Å². The van der Waals surface area contributed by atoms with Crippen LogP contribution < -0.4 is 0 Å². The van der Waals surface area contributed by atoms with Crippen LogP contribution in [0.25, 0.3) is 34.0 Å². The molecule has 0 radical (unpaired) electrons. The number of para-hydroxylation sites is 3. The van der Waals surface area contributed by atoms with E-state index in [4.69, 9.17) is 4.98 Å². The van der Waals surface area contributed by atoms with Crippen molar-refractivity contribution in [1.29, 1.82) is 0 Å². The molecule has 1 aromatic heterocycles. The first-order valence-electron chi connectivity index (χ1n) is 7.93. The number of nitrogens with zero attached hydrogens (tertiary/aromatic N) is 2. The van der Waals surface area contributed by atoms with Crippen LogP contribution in [0.4, 0.5) is 5.69 Å². The van der Waals surface area contributed by atoms with Gasteiger partial charge in [-0.1, -0.05) is 54.6 Å². The average Bonchev–Trinajstić information content (AvgIpc) is 2.65. The van der Waals surface area contributed by atoms with Gasteiger partial charge in [0, 0.05) is 16.8 Å². The molecule has 0 unspecified atom stereocenters. The molecule has 4 nitrogen and oxygen atoms in total. The number of nitro groups is 1. The van der Waals surface area contributed by atoms with Gasteiger partial charge < -0.3 is 0 Å². The van der Waals surface area contributed by atoms with Gasteiger partial charge in [-0.05, 0) is 29.8 Å². The highest BCUT2D eigenvalue weighted by Crippen LogP contribution is 2.28. The zero-order valence-corrected chi connectivity index (χ0v) is 13.3. The minimum atomic E-state index is -0.359. The number of fused-ring (bicyclic) bond motifs is 2. The Labute approximate surface area is 144 Å². The number of aromatic nitrogens is 1. The minimum absolute atomic E-state index is 0.0985. The lowest BCUT2D eigenvalue weighted by molar-refractivity contribution is -0.385. The molecule has 0 saturated heterocycles. The van der Waals surface area contributed by atoms with Gasteiger partial charge in [0.05, 0.1) is 21.5 Å². The Kier molecular flexibility index (Phi) is 3.71. The Morgan fingerprint density at radius 3 is 1.96 bits per heavy atom. The van der Waals surface area contributed by atoms with E-state index in [1.54, 1.807) is 24.3 Å². The molecule has 0 spiro atoms. The second-order valence-electron chi connectivity index (χ2n) is 5.71. The first-order chi connectivity index (χ1) is 12.2. The smallest absolute Gasteiger partial charge is 0.258 e. The fourth-order valence-electron chi connectivity index (χ4n) is 3.02. The number of hydrogen-bond donors (Lipinski definition) is 0. The van der Waals surface area contributed by atoms with Crippen molar-refractivity contribution in [1.82, 2.24) is 4.98 Å². The van der Waals surface area contributed by atoms with Crippen LogP contribution in [-0.4, -0.2) is 9.91 Å². The fourth-order valence-corrected chi connectivity index (χ4v) is 3.02. The van der Waals surface area contributed by atoms with Gasteiger partial charge in [0.15, 0.2) is 0 Å². The van der Waals surface area contributed by atoms with Gasteiger partial charge in [0.25, 0.3) is 5.69 Å². The van der Waals surface area contributed by atoms with E-state index in [1.807, 2.05) is 54.6 Å². The summed E-state index contributed by atoms with van der Waals surface area (Å²) in [6.45, 7) is 0. The molecule has 1 heterocycles. The second-order valence-corrected chi connectivity index (χ2v) is 5.71. The van der Waals surface area contributed by atoms with Crippen molar-refractivity contribution in [3.63, 3.8) is 0 Å². The summed E-state index contributed by atoms with van der Waals surface area (Å²) in [6.07, 6.45) is 3.74. The van der Waals surface area contributed by atoms with Crippen molar-refractivity contribution in [2.24, 2.45) is 0 Å². The monoisotopic (exact) mass is 326 g/mol. The maximum Gasteiger partial charge on any atom is 0.276 e. The summed E-state index contributed by atoms with van der Waals surface area (Å²) in [6, 6.07) is 22.6. The molecule has 0 amide bonds. The lowest BCUT2D eigenvalue weighted by Gasteiger charge is -2.07. The van der Waals surface area contributed by atoms with Crippen LogP contribution in [0.3, 0.4) is 0 Å². The topological polar surface area (TPSA) is 56.0 Å². The molecule has 4 heteroatoms. The van der Waals surface area contributed by atoms with Crippen LogP contribution >= 0.6 is 0 Å². The summed E-state index contributed by atoms with van der Waals surface area (Å²) in [5.41, 5.74) is 3.50. The number of benzene rings is 3. The van der Waals surface area contributed by atoms with E-state index in [0.29, 0.717) is 5.56 Å². The molecule has 0 aliphatic heterocycles. The van der Waals surface area contributed by atoms with Gasteiger partial charge in [0.1, 0.15) is 0 Å². The zero-order valence-electron chi connectivity index (χ0n) is 13.3. The number of pyridine rings is 1. The summed E-state index contributed by atoms with van der Waals surface area (Å²) >= 11 is 0. The Morgan fingerprint density at radius 2 is 1.32 bits per heavy atom. The molecule has 25 heavy (non-hydrogen) atoms. The molecule has 0 bridgehead atoms. The molecule has 0 atom stereocenters. The third-order valence-corrected chi connectivity index (χ3v) is 4.19. The lowest BCUT2D eigenvalue weighted by Crippen LogP contribution is -1.91. The number of rotatable bonds is 3. The average molecular weight is 326 g/mol. The molecule has 0 fully saturated rings. The first kappa shape index (κ1) is 15.0. The van der Waals surface area contributed by atoms with Crippen molar-refractivity contribution < 1.29 is 4.92 Å². The quantitative estimate of drug-likeness (QED) is 0.285. The Bertz CT molecular complexity index is 1080. The van der Waals surface area contributed by atoms with Crippen molar-refractivity contribution in [3.05, 3.63) is 94.0 Å². The molecule has 3 aromatic carbocycles. The number of hydrogen-bond acceptors (Lipinski definition) is 3. The fraction of sp³-hybridized carbons (Fsp3) is 0. The number of nitro benzene ring substituents is 1. The van der Waals surface area contributed by atoms with Crippen molar-refractivity contribution in [2.75, 3.05) is 0 Å². The Balaban J connectivity index is 1.95. The summed E-state index contributed by atoms with van der Waals surface area (Å²) in [7, 11) is 0. The van der Waals surface area contributed by atoms with E-state index in [-0.39, 0.29) is 10.6 Å². The largest absolute Gasteiger partial charge is 0.276 e. The Morgan fingerprint density at radius 1 is 0.760 bits per heavy atom. The minimum Gasteiger partial charge on any atom is -0.258 e. The van der Waals surface area contributed by atoms with Gasteiger partial charge in [-0.15, -0.1) is 0 Å². The van der Waals surface area contributed by atoms with E-state index in [1.165, 1.54) is 6.07 Å². The molecule has 4 rings (SSSR count). The predicted octanol–water partition coefficient (Wildman–Crippen LogP) is 5.47. The third kappa shape index (κ3) is 2.74. The molecular formula is C21H14N2O2. The first-order valence-corrected chi connectivity index (χ1v) is 7.93. The highest BCUT2D eigenvalue weighted by molar-refractivity contribution is 6.04. The summed E-state index contributed by atoms with van der Waals surface area (Å²) in [5.74, 6) is 0. The summed E-state index contributed by atoms with van der Waals surface area (Å²) < 4.78 is 0. The molecule has 0 aliphatic carbocycles. The normalized spacial score (nSPS) is 11.4. The lowest BCUT2D eigenvalue weighted by atomic mass is 10.0. The van der Waals surface area contributed by atoms with E-state index in [0.717, 1.165) is 27.4 Å². The van der Waals surface area contributed by atoms with Crippen molar-refractivity contribution in [3.8, 4) is 0 Å². The van der Waals surface area contributed by atoms with E-state index >= 15 is 0 Å². The zero-order chi connectivity index (χ0) is 17.2. The SMILES string of the molecule is O=[N+]([O-])c1ccccc1/C=C/c1c2ccccc2nc2ccccc12. The molecule has 4 aromatic rings. The van der Waals surface area contributed by atoms with Crippen molar-refractivity contribution >= 4 is 39.6 Å². The van der Waals surface area contributed by atoms with Gasteiger partial charge >= 0.3 is 0 Å². The van der Waals surface area contributed by atoms with Gasteiger partial charge in [0.2, 0.25) is 0 Å². The van der Waals surface area contributed by atoms with Crippen LogP contribution in [0.1, 0.15) is 11.1 Å². The highest BCUT2D eigenvalue weighted by atomic mass is 16.6. The second kappa shape index (κ2) is 6.17. The van der Waals surface area contributed by atoms with E-state index < -0.39 is 0 Å². The molecule has 120 valence electrons. The predicted molar refractivity (Wildman–Crippen MR) is 101 cm³/mol. The maximum atomic E-state index is 11.2.